The summed E-state index contributed by atoms with van der Waals surface area (Å²) in [4.78, 5) is 2.59. The first-order valence-electron chi connectivity index (χ1n) is 6.47. The van der Waals surface area contributed by atoms with Gasteiger partial charge in [-0.15, -0.1) is 0 Å². The van der Waals surface area contributed by atoms with Gasteiger partial charge < -0.3 is 5.73 Å². The SMILES string of the molecule is CCC1CCCN1C(CN)c1ccc(Br)cc1. The van der Waals surface area contributed by atoms with E-state index in [0.29, 0.717) is 18.6 Å². The van der Waals surface area contributed by atoms with Crippen LogP contribution in [-0.4, -0.2) is 24.0 Å². The van der Waals surface area contributed by atoms with Crippen LogP contribution in [0.1, 0.15) is 37.8 Å². The summed E-state index contributed by atoms with van der Waals surface area (Å²) >= 11 is 3.48. The quantitative estimate of drug-likeness (QED) is 0.923. The van der Waals surface area contributed by atoms with E-state index >= 15 is 0 Å². The van der Waals surface area contributed by atoms with Crippen molar-refractivity contribution < 1.29 is 0 Å². The van der Waals surface area contributed by atoms with Crippen molar-refractivity contribution in [1.82, 2.24) is 4.90 Å². The van der Waals surface area contributed by atoms with Gasteiger partial charge in [-0.3, -0.25) is 4.90 Å². The molecule has 1 heterocycles. The van der Waals surface area contributed by atoms with Gasteiger partial charge in [0.15, 0.2) is 0 Å². The molecule has 0 saturated carbocycles. The molecule has 2 nitrogen and oxygen atoms in total. The Kier molecular flexibility index (Phi) is 4.60. The van der Waals surface area contributed by atoms with Gasteiger partial charge in [0.25, 0.3) is 0 Å². The number of benzene rings is 1. The highest BCUT2D eigenvalue weighted by molar-refractivity contribution is 9.10. The topological polar surface area (TPSA) is 29.3 Å². The van der Waals surface area contributed by atoms with Crippen molar-refractivity contribution in [2.24, 2.45) is 5.73 Å². The van der Waals surface area contributed by atoms with Crippen molar-refractivity contribution >= 4 is 15.9 Å². The highest BCUT2D eigenvalue weighted by Crippen LogP contribution is 2.30. The summed E-state index contributed by atoms with van der Waals surface area (Å²) in [7, 11) is 0. The molecule has 2 N–H and O–H groups in total. The molecule has 3 heteroatoms. The number of likely N-dealkylation sites (tertiary alicyclic amines) is 1. The van der Waals surface area contributed by atoms with Crippen LogP contribution >= 0.6 is 15.9 Å². The van der Waals surface area contributed by atoms with Crippen LogP contribution in [0.2, 0.25) is 0 Å². The number of hydrogen-bond acceptors (Lipinski definition) is 2. The van der Waals surface area contributed by atoms with Crippen molar-refractivity contribution in [2.75, 3.05) is 13.1 Å². The van der Waals surface area contributed by atoms with E-state index in [1.807, 2.05) is 0 Å². The maximum absolute atomic E-state index is 5.99. The molecular formula is C14H21BrN2. The summed E-state index contributed by atoms with van der Waals surface area (Å²) in [5.74, 6) is 0. The lowest BCUT2D eigenvalue weighted by atomic mass is 10.0. The van der Waals surface area contributed by atoms with Gasteiger partial charge in [0, 0.05) is 23.1 Å². The fourth-order valence-electron chi connectivity index (χ4n) is 2.85. The zero-order valence-electron chi connectivity index (χ0n) is 10.4. The summed E-state index contributed by atoms with van der Waals surface area (Å²) < 4.78 is 1.13. The first kappa shape index (κ1) is 13.1. The van der Waals surface area contributed by atoms with Crippen LogP contribution in [0.15, 0.2) is 28.7 Å². The molecule has 0 bridgehead atoms. The second-order valence-corrected chi connectivity index (χ2v) is 5.66. The molecule has 0 spiro atoms. The van der Waals surface area contributed by atoms with Gasteiger partial charge in [-0.1, -0.05) is 35.0 Å². The van der Waals surface area contributed by atoms with E-state index in [4.69, 9.17) is 5.73 Å². The van der Waals surface area contributed by atoms with Crippen molar-refractivity contribution in [3.05, 3.63) is 34.3 Å². The molecular weight excluding hydrogens is 276 g/mol. The lowest BCUT2D eigenvalue weighted by molar-refractivity contribution is 0.180. The van der Waals surface area contributed by atoms with Gasteiger partial charge in [-0.05, 0) is 43.5 Å². The zero-order valence-corrected chi connectivity index (χ0v) is 12.0. The lowest BCUT2D eigenvalue weighted by Crippen LogP contribution is -2.37. The first-order chi connectivity index (χ1) is 8.26. The predicted molar refractivity (Wildman–Crippen MR) is 76.0 cm³/mol. The molecule has 2 atom stereocenters. The minimum Gasteiger partial charge on any atom is -0.329 e. The smallest absolute Gasteiger partial charge is 0.0473 e. The lowest BCUT2D eigenvalue weighted by Gasteiger charge is -2.32. The second-order valence-electron chi connectivity index (χ2n) is 4.75. The fraction of sp³-hybridized carbons (Fsp3) is 0.571. The standard InChI is InChI=1S/C14H21BrN2/c1-2-13-4-3-9-17(13)14(10-16)11-5-7-12(15)8-6-11/h5-8,13-14H,2-4,9-10,16H2,1H3. The maximum Gasteiger partial charge on any atom is 0.0473 e. The number of nitrogens with two attached hydrogens (primary N) is 1. The van der Waals surface area contributed by atoms with Crippen LogP contribution in [0.25, 0.3) is 0 Å². The van der Waals surface area contributed by atoms with Crippen molar-refractivity contribution in [2.45, 2.75) is 38.3 Å². The Hall–Kier alpha value is -0.380. The van der Waals surface area contributed by atoms with Gasteiger partial charge in [0.1, 0.15) is 0 Å². The molecule has 1 aliphatic rings. The average molecular weight is 297 g/mol. The van der Waals surface area contributed by atoms with Gasteiger partial charge in [-0.2, -0.15) is 0 Å². The van der Waals surface area contributed by atoms with E-state index < -0.39 is 0 Å². The van der Waals surface area contributed by atoms with Crippen molar-refractivity contribution in [3.8, 4) is 0 Å². The molecule has 0 aliphatic carbocycles. The van der Waals surface area contributed by atoms with Gasteiger partial charge in [0.05, 0.1) is 0 Å². The molecule has 94 valence electrons. The molecule has 1 aliphatic heterocycles. The first-order valence-corrected chi connectivity index (χ1v) is 7.26. The monoisotopic (exact) mass is 296 g/mol. The zero-order chi connectivity index (χ0) is 12.3. The highest BCUT2D eigenvalue weighted by atomic mass is 79.9. The normalized spacial score (nSPS) is 22.9. The number of nitrogens with zero attached hydrogens (tertiary/aromatic N) is 1. The number of rotatable bonds is 4. The Morgan fingerprint density at radius 2 is 2.12 bits per heavy atom. The van der Waals surface area contributed by atoms with Crippen molar-refractivity contribution in [3.63, 3.8) is 0 Å². The third kappa shape index (κ3) is 2.90. The summed E-state index contributed by atoms with van der Waals surface area (Å²) in [6.45, 7) is 4.17. The molecule has 1 aromatic rings. The van der Waals surface area contributed by atoms with Crippen LogP contribution in [0.4, 0.5) is 0 Å². The Balaban J connectivity index is 2.18. The van der Waals surface area contributed by atoms with Crippen LogP contribution < -0.4 is 5.73 Å². The second kappa shape index (κ2) is 5.98. The highest BCUT2D eigenvalue weighted by Gasteiger charge is 2.29. The molecule has 0 amide bonds. The molecule has 17 heavy (non-hydrogen) atoms. The van der Waals surface area contributed by atoms with E-state index in [-0.39, 0.29) is 0 Å². The van der Waals surface area contributed by atoms with E-state index in [1.165, 1.54) is 31.4 Å². The fourth-order valence-corrected chi connectivity index (χ4v) is 3.12. The number of halogens is 1. The maximum atomic E-state index is 5.99. The average Bonchev–Trinajstić information content (AvgIpc) is 2.81. The van der Waals surface area contributed by atoms with Gasteiger partial charge in [-0.25, -0.2) is 0 Å². The Bertz CT molecular complexity index is 350. The largest absolute Gasteiger partial charge is 0.329 e. The molecule has 1 fully saturated rings. The summed E-state index contributed by atoms with van der Waals surface area (Å²) in [6.07, 6.45) is 3.86. The third-order valence-electron chi connectivity index (χ3n) is 3.77. The van der Waals surface area contributed by atoms with E-state index in [1.54, 1.807) is 0 Å². The third-order valence-corrected chi connectivity index (χ3v) is 4.30. The Morgan fingerprint density at radius 1 is 1.41 bits per heavy atom. The van der Waals surface area contributed by atoms with Gasteiger partial charge in [0.2, 0.25) is 0 Å². The van der Waals surface area contributed by atoms with E-state index in [0.717, 1.165) is 4.47 Å². The Labute approximate surface area is 112 Å². The van der Waals surface area contributed by atoms with E-state index in [9.17, 15) is 0 Å². The molecule has 0 aromatic heterocycles. The van der Waals surface area contributed by atoms with Crippen LogP contribution in [0.5, 0.6) is 0 Å². The van der Waals surface area contributed by atoms with Gasteiger partial charge >= 0.3 is 0 Å². The van der Waals surface area contributed by atoms with E-state index in [2.05, 4.69) is 52.0 Å². The molecule has 1 saturated heterocycles. The minimum atomic E-state index is 0.385. The molecule has 2 rings (SSSR count). The Morgan fingerprint density at radius 3 is 2.71 bits per heavy atom. The predicted octanol–water partition coefficient (Wildman–Crippen LogP) is 3.32. The van der Waals surface area contributed by atoms with Crippen molar-refractivity contribution in [1.29, 1.82) is 0 Å². The molecule has 0 radical (unpaired) electrons. The molecule has 2 unspecified atom stereocenters. The van der Waals surface area contributed by atoms with Crippen LogP contribution in [0, 0.1) is 0 Å². The summed E-state index contributed by atoms with van der Waals surface area (Å²) in [5.41, 5.74) is 7.33. The van der Waals surface area contributed by atoms with Crippen LogP contribution in [0.3, 0.4) is 0 Å². The van der Waals surface area contributed by atoms with Crippen LogP contribution in [-0.2, 0) is 0 Å². The summed E-state index contributed by atoms with van der Waals surface area (Å²) in [6, 6.07) is 9.69. The number of hydrogen-bond donors (Lipinski definition) is 1. The molecule has 1 aromatic carbocycles. The summed E-state index contributed by atoms with van der Waals surface area (Å²) in [5, 5.41) is 0. The minimum absolute atomic E-state index is 0.385.